The number of nitrogens with zero attached hydrogens (tertiary/aromatic N) is 7. The molecule has 0 saturated carbocycles. The Kier molecular flexibility index (Phi) is 4.19. The molecule has 2 aromatic heterocycles. The van der Waals surface area contributed by atoms with E-state index in [1.54, 1.807) is 35.3 Å². The second-order valence-corrected chi connectivity index (χ2v) is 6.81. The molecule has 134 valence electrons. The van der Waals surface area contributed by atoms with E-state index in [1.807, 2.05) is 7.05 Å². The minimum atomic E-state index is -0.381. The first kappa shape index (κ1) is 16.7. The van der Waals surface area contributed by atoms with Gasteiger partial charge in [0.2, 0.25) is 0 Å². The van der Waals surface area contributed by atoms with Crippen LogP contribution < -0.4 is 9.80 Å². The first-order chi connectivity index (χ1) is 12.5. The zero-order valence-corrected chi connectivity index (χ0v) is 15.6. The highest BCUT2D eigenvalue weighted by Gasteiger charge is 2.23. The lowest BCUT2D eigenvalue weighted by atomic mass is 10.2. The molecule has 1 aliphatic rings. The number of piperazine rings is 1. The molecule has 0 spiro atoms. The van der Waals surface area contributed by atoms with Crippen LogP contribution in [0.4, 0.5) is 17.2 Å². The quantitative estimate of drug-likeness (QED) is 0.476. The van der Waals surface area contributed by atoms with Crippen molar-refractivity contribution in [3.63, 3.8) is 0 Å². The van der Waals surface area contributed by atoms with Gasteiger partial charge in [0, 0.05) is 51.0 Å². The third-order valence-corrected chi connectivity index (χ3v) is 5.12. The van der Waals surface area contributed by atoms with Crippen LogP contribution in [-0.4, -0.2) is 50.9 Å². The molecular formula is C16H16BrN7O2. The van der Waals surface area contributed by atoms with Crippen LogP contribution in [0.1, 0.15) is 0 Å². The van der Waals surface area contributed by atoms with E-state index in [2.05, 4.69) is 40.8 Å². The molecule has 1 aromatic carbocycles. The normalized spacial score (nSPS) is 14.8. The molecule has 1 fully saturated rings. The van der Waals surface area contributed by atoms with Gasteiger partial charge < -0.3 is 9.80 Å². The van der Waals surface area contributed by atoms with E-state index in [0.717, 1.165) is 53.3 Å². The topological polar surface area (TPSA) is 93.2 Å². The number of aromatic nitrogens is 4. The van der Waals surface area contributed by atoms with E-state index >= 15 is 0 Å². The fourth-order valence-corrected chi connectivity index (χ4v) is 3.82. The van der Waals surface area contributed by atoms with Crippen molar-refractivity contribution in [1.29, 1.82) is 0 Å². The van der Waals surface area contributed by atoms with Crippen molar-refractivity contribution in [2.75, 3.05) is 36.0 Å². The molecule has 3 heterocycles. The third-order valence-electron chi connectivity index (χ3n) is 4.56. The van der Waals surface area contributed by atoms with E-state index in [-0.39, 0.29) is 10.6 Å². The first-order valence-electron chi connectivity index (χ1n) is 8.12. The van der Waals surface area contributed by atoms with Gasteiger partial charge in [0.15, 0.2) is 5.65 Å². The zero-order valence-electron chi connectivity index (χ0n) is 14.0. The fourth-order valence-electron chi connectivity index (χ4n) is 3.23. The van der Waals surface area contributed by atoms with Gasteiger partial charge in [-0.25, -0.2) is 14.6 Å². The number of anilines is 2. The van der Waals surface area contributed by atoms with E-state index < -0.39 is 0 Å². The van der Waals surface area contributed by atoms with Crippen molar-refractivity contribution in [3.05, 3.63) is 45.3 Å². The Labute approximate surface area is 157 Å². The Morgan fingerprint density at radius 3 is 2.38 bits per heavy atom. The highest BCUT2D eigenvalue weighted by atomic mass is 79.9. The van der Waals surface area contributed by atoms with Crippen molar-refractivity contribution < 1.29 is 4.92 Å². The van der Waals surface area contributed by atoms with Crippen LogP contribution in [0.3, 0.4) is 0 Å². The van der Waals surface area contributed by atoms with Gasteiger partial charge in [-0.05, 0) is 28.1 Å². The van der Waals surface area contributed by atoms with E-state index in [0.29, 0.717) is 0 Å². The largest absolute Gasteiger partial charge is 0.368 e. The summed E-state index contributed by atoms with van der Waals surface area (Å²) < 4.78 is 2.47. The number of rotatable bonds is 3. The van der Waals surface area contributed by atoms with Gasteiger partial charge in [0.25, 0.3) is 5.69 Å². The molecule has 0 unspecified atom stereocenters. The molecule has 0 N–H and O–H groups in total. The molecule has 0 amide bonds. The van der Waals surface area contributed by atoms with Crippen LogP contribution in [0.2, 0.25) is 0 Å². The number of benzene rings is 1. The van der Waals surface area contributed by atoms with Crippen LogP contribution in [0.5, 0.6) is 0 Å². The minimum Gasteiger partial charge on any atom is -0.368 e. The Morgan fingerprint density at radius 1 is 1.08 bits per heavy atom. The van der Waals surface area contributed by atoms with Crippen molar-refractivity contribution in [1.82, 2.24) is 19.7 Å². The summed E-state index contributed by atoms with van der Waals surface area (Å²) in [6.07, 6.45) is 1.56. The van der Waals surface area contributed by atoms with E-state index in [1.165, 1.54) is 0 Å². The van der Waals surface area contributed by atoms with Gasteiger partial charge in [0.05, 0.1) is 10.3 Å². The molecule has 26 heavy (non-hydrogen) atoms. The minimum absolute atomic E-state index is 0.109. The third kappa shape index (κ3) is 2.85. The van der Waals surface area contributed by atoms with Crippen LogP contribution >= 0.6 is 15.9 Å². The second kappa shape index (κ2) is 6.52. The molecule has 3 aromatic rings. The van der Waals surface area contributed by atoms with E-state index in [4.69, 9.17) is 0 Å². The fraction of sp³-hybridized carbons (Fsp3) is 0.312. The number of aryl methyl sites for hydroxylation is 1. The SMILES string of the molecule is Cn1nc(Br)c2c(N3CCN(c4ccc([N+](=O)[O-])cc4)CC3)ncnc21. The van der Waals surface area contributed by atoms with Crippen LogP contribution in [-0.2, 0) is 7.05 Å². The van der Waals surface area contributed by atoms with Gasteiger partial charge in [-0.15, -0.1) is 0 Å². The number of non-ortho nitro benzene ring substituents is 1. The van der Waals surface area contributed by atoms with Gasteiger partial charge >= 0.3 is 0 Å². The predicted octanol–water partition coefficient (Wildman–Crippen LogP) is 2.36. The van der Waals surface area contributed by atoms with Crippen molar-refractivity contribution in [3.8, 4) is 0 Å². The maximum Gasteiger partial charge on any atom is 0.269 e. The highest BCUT2D eigenvalue weighted by Crippen LogP contribution is 2.30. The van der Waals surface area contributed by atoms with Crippen LogP contribution in [0.15, 0.2) is 35.2 Å². The number of nitro groups is 1. The summed E-state index contributed by atoms with van der Waals surface area (Å²) in [5.74, 6) is 0.873. The molecule has 1 aliphatic heterocycles. The predicted molar refractivity (Wildman–Crippen MR) is 102 cm³/mol. The molecule has 0 radical (unpaired) electrons. The molecular weight excluding hydrogens is 402 g/mol. The van der Waals surface area contributed by atoms with E-state index in [9.17, 15) is 10.1 Å². The number of fused-ring (bicyclic) bond motifs is 1. The van der Waals surface area contributed by atoms with Crippen molar-refractivity contribution in [2.45, 2.75) is 0 Å². The summed E-state index contributed by atoms with van der Waals surface area (Å²) in [7, 11) is 1.86. The Morgan fingerprint density at radius 2 is 1.73 bits per heavy atom. The monoisotopic (exact) mass is 417 g/mol. The Balaban J connectivity index is 1.53. The summed E-state index contributed by atoms with van der Waals surface area (Å²) >= 11 is 3.50. The number of hydrogen-bond acceptors (Lipinski definition) is 7. The Bertz CT molecular complexity index is 965. The van der Waals surface area contributed by atoms with Crippen molar-refractivity contribution in [2.24, 2.45) is 7.05 Å². The molecule has 1 saturated heterocycles. The molecule has 4 rings (SSSR count). The molecule has 0 aliphatic carbocycles. The zero-order chi connectivity index (χ0) is 18.3. The highest BCUT2D eigenvalue weighted by molar-refractivity contribution is 9.10. The summed E-state index contributed by atoms with van der Waals surface area (Å²) in [6.45, 7) is 3.21. The van der Waals surface area contributed by atoms with Crippen molar-refractivity contribution >= 4 is 44.2 Å². The summed E-state index contributed by atoms with van der Waals surface area (Å²) in [4.78, 5) is 23.6. The number of halogens is 1. The summed E-state index contributed by atoms with van der Waals surface area (Å²) in [5.41, 5.74) is 1.89. The van der Waals surface area contributed by atoms with Gasteiger partial charge in [-0.1, -0.05) is 0 Å². The first-order valence-corrected chi connectivity index (χ1v) is 8.91. The number of nitro benzene ring substituents is 1. The average Bonchev–Trinajstić information content (AvgIpc) is 2.96. The lowest BCUT2D eigenvalue weighted by molar-refractivity contribution is -0.384. The van der Waals surface area contributed by atoms with Gasteiger partial charge in [0.1, 0.15) is 16.7 Å². The maximum absolute atomic E-state index is 10.8. The average molecular weight is 418 g/mol. The van der Waals surface area contributed by atoms with Crippen LogP contribution in [0.25, 0.3) is 11.0 Å². The lowest BCUT2D eigenvalue weighted by Gasteiger charge is -2.36. The summed E-state index contributed by atoms with van der Waals surface area (Å²) in [5, 5.41) is 16.1. The second-order valence-electron chi connectivity index (χ2n) is 6.06. The Hall–Kier alpha value is -2.75. The molecule has 9 nitrogen and oxygen atoms in total. The summed E-state index contributed by atoms with van der Waals surface area (Å²) in [6, 6.07) is 6.69. The lowest BCUT2D eigenvalue weighted by Crippen LogP contribution is -2.46. The van der Waals surface area contributed by atoms with Crippen LogP contribution in [0, 0.1) is 10.1 Å². The molecule has 0 bridgehead atoms. The number of hydrogen-bond donors (Lipinski definition) is 0. The standard InChI is InChI=1S/C16H16BrN7O2/c1-21-15-13(14(17)20-21)16(19-10-18-15)23-8-6-22(7-9-23)11-2-4-12(5-3-11)24(25)26/h2-5,10H,6-9H2,1H3. The molecule has 0 atom stereocenters. The van der Waals surface area contributed by atoms with Gasteiger partial charge in [-0.3, -0.25) is 10.1 Å². The smallest absolute Gasteiger partial charge is 0.269 e. The van der Waals surface area contributed by atoms with Gasteiger partial charge in [-0.2, -0.15) is 5.10 Å². The molecule has 10 heteroatoms. The maximum atomic E-state index is 10.8.